The zero-order valence-electron chi connectivity index (χ0n) is 10.5. The zero-order valence-corrected chi connectivity index (χ0v) is 10.5. The first-order chi connectivity index (χ1) is 9.19. The molecule has 0 saturated carbocycles. The van der Waals surface area contributed by atoms with E-state index >= 15 is 0 Å². The number of aromatic carboxylic acids is 1. The SMILES string of the molecule is COc1cccc(COc2ccc(C(=O)O)cc2)c1. The number of hydrogen-bond acceptors (Lipinski definition) is 3. The van der Waals surface area contributed by atoms with Gasteiger partial charge in [0, 0.05) is 0 Å². The molecule has 2 rings (SSSR count). The second-order valence-electron chi connectivity index (χ2n) is 3.97. The first-order valence-electron chi connectivity index (χ1n) is 5.78. The van der Waals surface area contributed by atoms with Crippen LogP contribution in [0.25, 0.3) is 0 Å². The quantitative estimate of drug-likeness (QED) is 0.895. The van der Waals surface area contributed by atoms with Crippen LogP contribution in [0, 0.1) is 0 Å². The van der Waals surface area contributed by atoms with Gasteiger partial charge in [-0.25, -0.2) is 4.79 Å². The number of carboxylic acids is 1. The van der Waals surface area contributed by atoms with E-state index in [0.29, 0.717) is 12.4 Å². The molecule has 0 unspecified atom stereocenters. The van der Waals surface area contributed by atoms with E-state index in [1.807, 2.05) is 24.3 Å². The van der Waals surface area contributed by atoms with Gasteiger partial charge in [-0.15, -0.1) is 0 Å². The number of benzene rings is 2. The molecule has 2 aromatic carbocycles. The molecule has 0 spiro atoms. The third-order valence-corrected chi connectivity index (χ3v) is 2.64. The molecule has 0 saturated heterocycles. The minimum absolute atomic E-state index is 0.244. The summed E-state index contributed by atoms with van der Waals surface area (Å²) in [4.78, 5) is 10.7. The van der Waals surface area contributed by atoms with Gasteiger partial charge in [-0.1, -0.05) is 12.1 Å². The molecule has 0 aliphatic heterocycles. The van der Waals surface area contributed by atoms with E-state index in [1.165, 1.54) is 12.1 Å². The number of hydrogen-bond donors (Lipinski definition) is 1. The Hall–Kier alpha value is -2.49. The van der Waals surface area contributed by atoms with Gasteiger partial charge < -0.3 is 14.6 Å². The van der Waals surface area contributed by atoms with E-state index in [9.17, 15) is 4.79 Å². The van der Waals surface area contributed by atoms with Gasteiger partial charge in [-0.2, -0.15) is 0 Å². The summed E-state index contributed by atoms with van der Waals surface area (Å²) in [6.07, 6.45) is 0. The Balaban J connectivity index is 1.99. The van der Waals surface area contributed by atoms with Crippen LogP contribution < -0.4 is 9.47 Å². The molecule has 4 nitrogen and oxygen atoms in total. The average molecular weight is 258 g/mol. The van der Waals surface area contributed by atoms with Crippen molar-refractivity contribution in [3.63, 3.8) is 0 Å². The highest BCUT2D eigenvalue weighted by atomic mass is 16.5. The van der Waals surface area contributed by atoms with Crippen molar-refractivity contribution in [3.05, 3.63) is 59.7 Å². The number of rotatable bonds is 5. The fourth-order valence-electron chi connectivity index (χ4n) is 1.62. The predicted molar refractivity (Wildman–Crippen MR) is 70.7 cm³/mol. The van der Waals surface area contributed by atoms with Crippen molar-refractivity contribution < 1.29 is 19.4 Å². The van der Waals surface area contributed by atoms with Crippen molar-refractivity contribution in [2.24, 2.45) is 0 Å². The largest absolute Gasteiger partial charge is 0.497 e. The second-order valence-corrected chi connectivity index (χ2v) is 3.97. The maximum atomic E-state index is 10.7. The Morgan fingerprint density at radius 2 is 1.84 bits per heavy atom. The Labute approximate surface area is 111 Å². The number of ether oxygens (including phenoxy) is 2. The van der Waals surface area contributed by atoms with Gasteiger partial charge in [0.25, 0.3) is 0 Å². The molecule has 0 bridgehead atoms. The van der Waals surface area contributed by atoms with Gasteiger partial charge in [0.15, 0.2) is 0 Å². The number of carboxylic acid groups (broad SMARTS) is 1. The minimum Gasteiger partial charge on any atom is -0.497 e. The molecule has 98 valence electrons. The van der Waals surface area contributed by atoms with Crippen LogP contribution in [0.15, 0.2) is 48.5 Å². The molecule has 0 atom stereocenters. The smallest absolute Gasteiger partial charge is 0.335 e. The van der Waals surface area contributed by atoms with Gasteiger partial charge in [-0.05, 0) is 42.0 Å². The van der Waals surface area contributed by atoms with Crippen LogP contribution in [0.2, 0.25) is 0 Å². The van der Waals surface area contributed by atoms with Crippen molar-refractivity contribution in [2.75, 3.05) is 7.11 Å². The molecule has 1 N–H and O–H groups in total. The lowest BCUT2D eigenvalue weighted by atomic mass is 10.2. The molecule has 0 aromatic heterocycles. The molecule has 0 fully saturated rings. The molecule has 0 heterocycles. The van der Waals surface area contributed by atoms with Gasteiger partial charge in [0.1, 0.15) is 18.1 Å². The molecule has 0 aliphatic carbocycles. The molecule has 0 aliphatic rings. The monoisotopic (exact) mass is 258 g/mol. The maximum Gasteiger partial charge on any atom is 0.335 e. The highest BCUT2D eigenvalue weighted by Crippen LogP contribution is 2.17. The highest BCUT2D eigenvalue weighted by Gasteiger charge is 2.02. The Kier molecular flexibility index (Phi) is 4.03. The van der Waals surface area contributed by atoms with E-state index < -0.39 is 5.97 Å². The van der Waals surface area contributed by atoms with Gasteiger partial charge in [0.05, 0.1) is 12.7 Å². The Morgan fingerprint density at radius 3 is 2.47 bits per heavy atom. The average Bonchev–Trinajstić information content (AvgIpc) is 2.46. The summed E-state index contributed by atoms with van der Waals surface area (Å²) < 4.78 is 10.7. The van der Waals surface area contributed by atoms with E-state index in [4.69, 9.17) is 14.6 Å². The van der Waals surface area contributed by atoms with Crippen LogP contribution in [0.5, 0.6) is 11.5 Å². The van der Waals surface area contributed by atoms with Crippen molar-refractivity contribution >= 4 is 5.97 Å². The number of carbonyl (C=O) groups is 1. The van der Waals surface area contributed by atoms with Crippen LogP contribution >= 0.6 is 0 Å². The minimum atomic E-state index is -0.945. The lowest BCUT2D eigenvalue weighted by Gasteiger charge is -2.07. The van der Waals surface area contributed by atoms with Gasteiger partial charge >= 0.3 is 5.97 Å². The van der Waals surface area contributed by atoms with Gasteiger partial charge in [0.2, 0.25) is 0 Å². The number of methoxy groups -OCH3 is 1. The van der Waals surface area contributed by atoms with Crippen molar-refractivity contribution in [1.29, 1.82) is 0 Å². The summed E-state index contributed by atoms with van der Waals surface area (Å²) in [5.74, 6) is 0.467. The summed E-state index contributed by atoms with van der Waals surface area (Å²) in [6.45, 7) is 0.406. The molecule has 19 heavy (non-hydrogen) atoms. The molecule has 4 heteroatoms. The topological polar surface area (TPSA) is 55.8 Å². The van der Waals surface area contributed by atoms with Crippen molar-refractivity contribution in [2.45, 2.75) is 6.61 Å². The summed E-state index contributed by atoms with van der Waals surface area (Å²) in [6, 6.07) is 13.9. The van der Waals surface area contributed by atoms with E-state index in [1.54, 1.807) is 19.2 Å². The van der Waals surface area contributed by atoms with Crippen LogP contribution in [-0.4, -0.2) is 18.2 Å². The first-order valence-corrected chi connectivity index (χ1v) is 5.78. The second kappa shape index (κ2) is 5.91. The Bertz CT molecular complexity index is 561. The normalized spacial score (nSPS) is 9.95. The van der Waals surface area contributed by atoms with Crippen LogP contribution in [0.4, 0.5) is 0 Å². The predicted octanol–water partition coefficient (Wildman–Crippen LogP) is 2.97. The first kappa shape index (κ1) is 13.0. The van der Waals surface area contributed by atoms with Crippen molar-refractivity contribution in [1.82, 2.24) is 0 Å². The summed E-state index contributed by atoms with van der Waals surface area (Å²) >= 11 is 0. The van der Waals surface area contributed by atoms with E-state index in [0.717, 1.165) is 11.3 Å². The molecular weight excluding hydrogens is 244 g/mol. The maximum absolute atomic E-state index is 10.7. The summed E-state index contributed by atoms with van der Waals surface area (Å²) in [5.41, 5.74) is 1.23. The third-order valence-electron chi connectivity index (χ3n) is 2.64. The molecule has 0 amide bonds. The van der Waals surface area contributed by atoms with Gasteiger partial charge in [-0.3, -0.25) is 0 Å². The standard InChI is InChI=1S/C15H14O4/c1-18-14-4-2-3-11(9-14)10-19-13-7-5-12(6-8-13)15(16)17/h2-9H,10H2,1H3,(H,16,17). The van der Waals surface area contributed by atoms with E-state index in [2.05, 4.69) is 0 Å². The van der Waals surface area contributed by atoms with Crippen LogP contribution in [-0.2, 0) is 6.61 Å². The van der Waals surface area contributed by atoms with Crippen molar-refractivity contribution in [3.8, 4) is 11.5 Å². The molecular formula is C15H14O4. The molecule has 0 radical (unpaired) electrons. The molecule has 2 aromatic rings. The lowest BCUT2D eigenvalue weighted by molar-refractivity contribution is 0.0697. The Morgan fingerprint density at radius 1 is 1.11 bits per heavy atom. The van der Waals surface area contributed by atoms with Crippen LogP contribution in [0.3, 0.4) is 0 Å². The van der Waals surface area contributed by atoms with E-state index in [-0.39, 0.29) is 5.56 Å². The highest BCUT2D eigenvalue weighted by molar-refractivity contribution is 5.87. The summed E-state index contributed by atoms with van der Waals surface area (Å²) in [7, 11) is 1.62. The lowest BCUT2D eigenvalue weighted by Crippen LogP contribution is -1.98. The van der Waals surface area contributed by atoms with Crippen LogP contribution in [0.1, 0.15) is 15.9 Å². The fraction of sp³-hybridized carbons (Fsp3) is 0.133. The zero-order chi connectivity index (χ0) is 13.7. The summed E-state index contributed by atoms with van der Waals surface area (Å²) in [5, 5.41) is 8.79. The fourth-order valence-corrected chi connectivity index (χ4v) is 1.62. The third kappa shape index (κ3) is 3.48.